The summed E-state index contributed by atoms with van der Waals surface area (Å²) in [6, 6.07) is 27.1. The summed E-state index contributed by atoms with van der Waals surface area (Å²) < 4.78 is 1.73. The van der Waals surface area contributed by atoms with Gasteiger partial charge in [-0.15, -0.1) is 0 Å². The van der Waals surface area contributed by atoms with E-state index < -0.39 is 0 Å². The van der Waals surface area contributed by atoms with E-state index in [2.05, 4.69) is 5.32 Å². The summed E-state index contributed by atoms with van der Waals surface area (Å²) in [5.41, 5.74) is 4.55. The van der Waals surface area contributed by atoms with Crippen molar-refractivity contribution in [2.24, 2.45) is 0 Å². The second kappa shape index (κ2) is 9.12. The van der Waals surface area contributed by atoms with Gasteiger partial charge >= 0.3 is 0 Å². The van der Waals surface area contributed by atoms with Gasteiger partial charge < -0.3 is 10.2 Å². The maximum atomic E-state index is 13.3. The summed E-state index contributed by atoms with van der Waals surface area (Å²) in [4.78, 5) is 27.2. The van der Waals surface area contributed by atoms with E-state index in [9.17, 15) is 9.59 Å². The molecule has 33 heavy (non-hydrogen) atoms. The molecule has 1 aliphatic rings. The second-order valence-corrected chi connectivity index (χ2v) is 8.11. The molecule has 5 rings (SSSR count). The van der Waals surface area contributed by atoms with Crippen LogP contribution in [0.1, 0.15) is 28.8 Å². The van der Waals surface area contributed by atoms with Crippen molar-refractivity contribution >= 4 is 17.5 Å². The number of likely N-dealkylation sites (tertiary alicyclic amines) is 1. The lowest BCUT2D eigenvalue weighted by Crippen LogP contribution is -2.23. The van der Waals surface area contributed by atoms with Crippen LogP contribution in [-0.2, 0) is 11.3 Å². The second-order valence-electron chi connectivity index (χ2n) is 8.11. The van der Waals surface area contributed by atoms with E-state index in [0.29, 0.717) is 29.9 Å². The van der Waals surface area contributed by atoms with Crippen molar-refractivity contribution in [3.05, 3.63) is 102 Å². The molecule has 1 fully saturated rings. The molecule has 4 aromatic rings. The molecular formula is C27H24N4O2. The van der Waals surface area contributed by atoms with Gasteiger partial charge in [-0.2, -0.15) is 5.10 Å². The summed E-state index contributed by atoms with van der Waals surface area (Å²) in [6.07, 6.45) is 3.28. The lowest BCUT2D eigenvalue weighted by molar-refractivity contribution is -0.128. The van der Waals surface area contributed by atoms with Gasteiger partial charge in [-0.3, -0.25) is 9.59 Å². The largest absolute Gasteiger partial charge is 0.338 e. The molecule has 0 spiro atoms. The van der Waals surface area contributed by atoms with Gasteiger partial charge in [-0.1, -0.05) is 60.7 Å². The minimum atomic E-state index is -0.231. The summed E-state index contributed by atoms with van der Waals surface area (Å²) in [6.45, 7) is 1.35. The molecular weight excluding hydrogens is 412 g/mol. The average Bonchev–Trinajstić information content (AvgIpc) is 3.47. The van der Waals surface area contributed by atoms with Gasteiger partial charge in [0.05, 0.1) is 11.3 Å². The highest BCUT2D eigenvalue weighted by Crippen LogP contribution is 2.25. The predicted octanol–water partition coefficient (Wildman–Crippen LogP) is 4.91. The van der Waals surface area contributed by atoms with Crippen LogP contribution >= 0.6 is 0 Å². The number of benzene rings is 3. The minimum Gasteiger partial charge on any atom is -0.338 e. The van der Waals surface area contributed by atoms with Gasteiger partial charge in [-0.25, -0.2) is 4.68 Å². The number of carbonyl (C=O) groups excluding carboxylic acids is 2. The molecule has 1 N–H and O–H groups in total. The van der Waals surface area contributed by atoms with E-state index in [4.69, 9.17) is 5.10 Å². The zero-order valence-corrected chi connectivity index (χ0v) is 18.1. The van der Waals surface area contributed by atoms with Crippen LogP contribution in [0.15, 0.2) is 91.1 Å². The molecule has 6 nitrogen and oxygen atoms in total. The molecule has 3 aromatic carbocycles. The van der Waals surface area contributed by atoms with E-state index in [-0.39, 0.29) is 11.8 Å². The molecule has 0 unspecified atom stereocenters. The molecule has 0 bridgehead atoms. The van der Waals surface area contributed by atoms with E-state index in [1.54, 1.807) is 10.9 Å². The summed E-state index contributed by atoms with van der Waals surface area (Å²) in [5, 5.41) is 7.73. The van der Waals surface area contributed by atoms with Crippen LogP contribution in [0.4, 0.5) is 5.69 Å². The molecule has 2 heterocycles. The fourth-order valence-corrected chi connectivity index (χ4v) is 4.10. The molecule has 1 aliphatic heterocycles. The zero-order chi connectivity index (χ0) is 22.6. The van der Waals surface area contributed by atoms with Crippen molar-refractivity contribution in [3.63, 3.8) is 0 Å². The van der Waals surface area contributed by atoms with Gasteiger partial charge in [0.15, 0.2) is 0 Å². The van der Waals surface area contributed by atoms with Crippen LogP contribution in [0.25, 0.3) is 16.9 Å². The molecule has 1 aromatic heterocycles. The number of para-hydroxylation sites is 1. The first-order valence-corrected chi connectivity index (χ1v) is 11.1. The maximum Gasteiger partial charge on any atom is 0.259 e. The van der Waals surface area contributed by atoms with Crippen molar-refractivity contribution in [1.29, 1.82) is 0 Å². The number of rotatable bonds is 6. The van der Waals surface area contributed by atoms with Gasteiger partial charge in [0.2, 0.25) is 5.91 Å². The normalized spacial score (nSPS) is 13.3. The first-order chi connectivity index (χ1) is 16.2. The van der Waals surface area contributed by atoms with Gasteiger partial charge in [-0.05, 0) is 36.2 Å². The Kier molecular flexibility index (Phi) is 5.72. The SMILES string of the molecule is O=C(Nc1cccc(CN2CCCC2=O)c1)c1cn(-c2ccccc2)nc1-c1ccccc1. The summed E-state index contributed by atoms with van der Waals surface area (Å²) in [7, 11) is 0. The van der Waals surface area contributed by atoms with Crippen LogP contribution < -0.4 is 5.32 Å². The maximum absolute atomic E-state index is 13.3. The van der Waals surface area contributed by atoms with Crippen molar-refractivity contribution in [2.45, 2.75) is 19.4 Å². The molecule has 0 aliphatic carbocycles. The molecule has 1 saturated heterocycles. The smallest absolute Gasteiger partial charge is 0.259 e. The fourth-order valence-electron chi connectivity index (χ4n) is 4.10. The first kappa shape index (κ1) is 20.7. The van der Waals surface area contributed by atoms with Crippen LogP contribution in [0.3, 0.4) is 0 Å². The van der Waals surface area contributed by atoms with E-state index >= 15 is 0 Å². The molecule has 164 valence electrons. The Hall–Kier alpha value is -4.19. The number of hydrogen-bond acceptors (Lipinski definition) is 3. The Balaban J connectivity index is 1.43. The third-order valence-electron chi connectivity index (χ3n) is 5.76. The Labute approximate surface area is 192 Å². The lowest BCUT2D eigenvalue weighted by Gasteiger charge is -2.16. The minimum absolute atomic E-state index is 0.185. The summed E-state index contributed by atoms with van der Waals surface area (Å²) in [5.74, 6) is -0.0456. The van der Waals surface area contributed by atoms with E-state index in [1.807, 2.05) is 89.8 Å². The average molecular weight is 437 g/mol. The number of nitrogens with one attached hydrogen (secondary N) is 1. The first-order valence-electron chi connectivity index (χ1n) is 11.1. The summed E-state index contributed by atoms with van der Waals surface area (Å²) >= 11 is 0. The topological polar surface area (TPSA) is 67.2 Å². The van der Waals surface area contributed by atoms with Gasteiger partial charge in [0.25, 0.3) is 5.91 Å². The molecule has 0 atom stereocenters. The third-order valence-corrected chi connectivity index (χ3v) is 5.76. The van der Waals surface area contributed by atoms with Crippen molar-refractivity contribution in [2.75, 3.05) is 11.9 Å². The molecule has 0 saturated carbocycles. The Bertz CT molecular complexity index is 1280. The Morgan fingerprint density at radius 1 is 0.939 bits per heavy atom. The molecule has 6 heteroatoms. The number of amides is 2. The number of carbonyl (C=O) groups is 2. The number of anilines is 1. The van der Waals surface area contributed by atoms with Crippen LogP contribution in [0, 0.1) is 0 Å². The predicted molar refractivity (Wildman–Crippen MR) is 128 cm³/mol. The standard InChI is InChI=1S/C27H24N4O2/c32-25-15-8-16-30(25)18-20-9-7-12-22(17-20)28-27(33)24-19-31(23-13-5-2-6-14-23)29-26(24)21-10-3-1-4-11-21/h1-7,9-14,17,19H,8,15-16,18H2,(H,28,33). The van der Waals surface area contributed by atoms with Gasteiger partial charge in [0.1, 0.15) is 5.69 Å². The Morgan fingerprint density at radius 2 is 1.70 bits per heavy atom. The quantitative estimate of drug-likeness (QED) is 0.467. The van der Waals surface area contributed by atoms with E-state index in [0.717, 1.165) is 29.8 Å². The third kappa shape index (κ3) is 4.55. The Morgan fingerprint density at radius 3 is 2.42 bits per heavy atom. The highest BCUT2D eigenvalue weighted by molar-refractivity contribution is 6.08. The lowest BCUT2D eigenvalue weighted by atomic mass is 10.1. The number of nitrogens with zero attached hydrogens (tertiary/aromatic N) is 3. The number of aromatic nitrogens is 2. The van der Waals surface area contributed by atoms with Crippen molar-refractivity contribution in [1.82, 2.24) is 14.7 Å². The number of hydrogen-bond donors (Lipinski definition) is 1. The van der Waals surface area contributed by atoms with Crippen molar-refractivity contribution in [3.8, 4) is 16.9 Å². The van der Waals surface area contributed by atoms with Crippen LogP contribution in [0.5, 0.6) is 0 Å². The van der Waals surface area contributed by atoms with Crippen LogP contribution in [-0.4, -0.2) is 33.0 Å². The highest BCUT2D eigenvalue weighted by atomic mass is 16.2. The fraction of sp³-hybridized carbons (Fsp3) is 0.148. The van der Waals surface area contributed by atoms with Gasteiger partial charge in [0, 0.05) is 37.0 Å². The molecule has 2 amide bonds. The monoisotopic (exact) mass is 436 g/mol. The van der Waals surface area contributed by atoms with Crippen molar-refractivity contribution < 1.29 is 9.59 Å². The molecule has 0 radical (unpaired) electrons. The zero-order valence-electron chi connectivity index (χ0n) is 18.1. The van der Waals surface area contributed by atoms with Crippen LogP contribution in [0.2, 0.25) is 0 Å². The highest BCUT2D eigenvalue weighted by Gasteiger charge is 2.21. The van der Waals surface area contributed by atoms with E-state index in [1.165, 1.54) is 0 Å².